The zero-order valence-corrected chi connectivity index (χ0v) is 10.2. The van der Waals surface area contributed by atoms with Crippen molar-refractivity contribution in [2.24, 2.45) is 17.8 Å². The molecule has 2 nitrogen and oxygen atoms in total. The SMILES string of the molecule is CC(C)C1CCC(C(=O)NC2CC2F)CC1. The first-order valence-electron chi connectivity index (χ1n) is 6.52. The molecule has 2 saturated carbocycles. The van der Waals surface area contributed by atoms with Crippen molar-refractivity contribution < 1.29 is 9.18 Å². The minimum atomic E-state index is -0.782. The second kappa shape index (κ2) is 4.72. The molecule has 0 heterocycles. The Morgan fingerprint density at radius 3 is 2.25 bits per heavy atom. The normalized spacial score (nSPS) is 38.5. The number of nitrogens with one attached hydrogen (secondary N) is 1. The Morgan fingerprint density at radius 1 is 1.25 bits per heavy atom. The quantitative estimate of drug-likeness (QED) is 0.789. The number of amides is 1. The van der Waals surface area contributed by atoms with Gasteiger partial charge in [0.15, 0.2) is 0 Å². The largest absolute Gasteiger partial charge is 0.350 e. The number of alkyl halides is 1. The molecular weight excluding hydrogens is 205 g/mol. The van der Waals surface area contributed by atoms with Gasteiger partial charge in [0.25, 0.3) is 0 Å². The third kappa shape index (κ3) is 2.74. The van der Waals surface area contributed by atoms with Crippen LogP contribution in [0, 0.1) is 17.8 Å². The van der Waals surface area contributed by atoms with Crippen molar-refractivity contribution in [2.45, 2.75) is 58.2 Å². The van der Waals surface area contributed by atoms with Crippen LogP contribution < -0.4 is 5.32 Å². The van der Waals surface area contributed by atoms with Crippen LogP contribution in [0.5, 0.6) is 0 Å². The van der Waals surface area contributed by atoms with Crippen molar-refractivity contribution >= 4 is 5.91 Å². The number of halogens is 1. The Labute approximate surface area is 97.0 Å². The highest BCUT2D eigenvalue weighted by molar-refractivity contribution is 5.79. The number of carbonyl (C=O) groups is 1. The van der Waals surface area contributed by atoms with Crippen molar-refractivity contribution in [3.8, 4) is 0 Å². The highest BCUT2D eigenvalue weighted by Gasteiger charge is 2.40. The van der Waals surface area contributed by atoms with Crippen LogP contribution in [0.2, 0.25) is 0 Å². The Balaban J connectivity index is 1.73. The molecule has 0 aromatic rings. The summed E-state index contributed by atoms with van der Waals surface area (Å²) in [6.45, 7) is 4.51. The monoisotopic (exact) mass is 227 g/mol. The molecule has 2 unspecified atom stereocenters. The Morgan fingerprint density at radius 2 is 1.81 bits per heavy atom. The van der Waals surface area contributed by atoms with Gasteiger partial charge >= 0.3 is 0 Å². The molecule has 2 atom stereocenters. The molecule has 0 aromatic heterocycles. The fourth-order valence-corrected chi connectivity index (χ4v) is 2.66. The molecule has 0 saturated heterocycles. The van der Waals surface area contributed by atoms with Gasteiger partial charge in [-0.25, -0.2) is 4.39 Å². The van der Waals surface area contributed by atoms with E-state index in [1.54, 1.807) is 0 Å². The van der Waals surface area contributed by atoms with Crippen LogP contribution in [0.4, 0.5) is 4.39 Å². The fourth-order valence-electron chi connectivity index (χ4n) is 2.66. The topological polar surface area (TPSA) is 29.1 Å². The second-order valence-electron chi connectivity index (χ2n) is 5.72. The first-order chi connectivity index (χ1) is 7.58. The zero-order valence-electron chi connectivity index (χ0n) is 10.2. The fraction of sp³-hybridized carbons (Fsp3) is 0.923. The first kappa shape index (κ1) is 11.9. The highest BCUT2D eigenvalue weighted by Crippen LogP contribution is 2.34. The maximum Gasteiger partial charge on any atom is 0.223 e. The number of hydrogen-bond acceptors (Lipinski definition) is 1. The van der Waals surface area contributed by atoms with Crippen LogP contribution >= 0.6 is 0 Å². The minimum Gasteiger partial charge on any atom is -0.350 e. The van der Waals surface area contributed by atoms with Gasteiger partial charge in [0.2, 0.25) is 5.91 Å². The van der Waals surface area contributed by atoms with Gasteiger partial charge in [-0.15, -0.1) is 0 Å². The molecule has 2 fully saturated rings. The molecule has 0 aliphatic heterocycles. The van der Waals surface area contributed by atoms with Gasteiger partial charge in [-0.2, -0.15) is 0 Å². The van der Waals surface area contributed by atoms with Crippen LogP contribution in [0.15, 0.2) is 0 Å². The summed E-state index contributed by atoms with van der Waals surface area (Å²) in [5.41, 5.74) is 0. The van der Waals surface area contributed by atoms with E-state index in [-0.39, 0.29) is 17.9 Å². The average molecular weight is 227 g/mol. The number of hydrogen-bond donors (Lipinski definition) is 1. The van der Waals surface area contributed by atoms with E-state index >= 15 is 0 Å². The molecule has 92 valence electrons. The average Bonchev–Trinajstić information content (AvgIpc) is 2.94. The first-order valence-corrected chi connectivity index (χ1v) is 6.52. The highest BCUT2D eigenvalue weighted by atomic mass is 19.1. The lowest BCUT2D eigenvalue weighted by atomic mass is 9.77. The summed E-state index contributed by atoms with van der Waals surface area (Å²) in [5.74, 6) is 1.73. The molecule has 3 heteroatoms. The maximum atomic E-state index is 12.7. The molecule has 2 aliphatic rings. The molecular formula is C13H22FNO. The van der Waals surface area contributed by atoms with E-state index in [4.69, 9.17) is 0 Å². The summed E-state index contributed by atoms with van der Waals surface area (Å²) in [6, 6.07) is -0.171. The van der Waals surface area contributed by atoms with Crippen LogP contribution in [-0.4, -0.2) is 18.1 Å². The lowest BCUT2D eigenvalue weighted by molar-refractivity contribution is -0.126. The van der Waals surface area contributed by atoms with E-state index in [1.807, 2.05) is 0 Å². The van der Waals surface area contributed by atoms with E-state index in [1.165, 1.54) is 0 Å². The summed E-state index contributed by atoms with van der Waals surface area (Å²) in [7, 11) is 0. The predicted octanol–water partition coefficient (Wildman–Crippen LogP) is 2.68. The van der Waals surface area contributed by atoms with Gasteiger partial charge in [-0.3, -0.25) is 4.79 Å². The molecule has 16 heavy (non-hydrogen) atoms. The van der Waals surface area contributed by atoms with E-state index in [0.29, 0.717) is 6.42 Å². The van der Waals surface area contributed by atoms with Crippen molar-refractivity contribution in [1.82, 2.24) is 5.32 Å². The standard InChI is InChI=1S/C13H22FNO/c1-8(2)9-3-5-10(6-4-9)13(16)15-12-7-11(12)14/h8-12H,3-7H2,1-2H3,(H,15,16). The second-order valence-corrected chi connectivity index (χ2v) is 5.72. The van der Waals surface area contributed by atoms with Crippen LogP contribution in [0.25, 0.3) is 0 Å². The van der Waals surface area contributed by atoms with Crippen molar-refractivity contribution in [3.05, 3.63) is 0 Å². The predicted molar refractivity (Wildman–Crippen MR) is 61.7 cm³/mol. The summed E-state index contributed by atoms with van der Waals surface area (Å²) in [4.78, 5) is 11.8. The van der Waals surface area contributed by atoms with E-state index in [2.05, 4.69) is 19.2 Å². The molecule has 1 amide bonds. The lowest BCUT2D eigenvalue weighted by Gasteiger charge is -2.30. The third-order valence-corrected chi connectivity index (χ3v) is 4.13. The van der Waals surface area contributed by atoms with Gasteiger partial charge in [0.05, 0.1) is 6.04 Å². The van der Waals surface area contributed by atoms with Gasteiger partial charge in [0.1, 0.15) is 6.17 Å². The van der Waals surface area contributed by atoms with Gasteiger partial charge in [-0.1, -0.05) is 13.8 Å². The van der Waals surface area contributed by atoms with Crippen molar-refractivity contribution in [2.75, 3.05) is 0 Å². The summed E-state index contributed by atoms with van der Waals surface area (Å²) in [5, 5.41) is 2.80. The molecule has 0 radical (unpaired) electrons. The summed E-state index contributed by atoms with van der Waals surface area (Å²) in [6.07, 6.45) is 4.01. The van der Waals surface area contributed by atoms with Crippen LogP contribution in [0.1, 0.15) is 46.0 Å². The molecule has 0 spiro atoms. The third-order valence-electron chi connectivity index (χ3n) is 4.13. The van der Waals surface area contributed by atoms with Crippen LogP contribution in [-0.2, 0) is 4.79 Å². The van der Waals surface area contributed by atoms with Crippen LogP contribution in [0.3, 0.4) is 0 Å². The summed E-state index contributed by atoms with van der Waals surface area (Å²) < 4.78 is 12.7. The molecule has 0 bridgehead atoms. The molecule has 2 aliphatic carbocycles. The maximum absolute atomic E-state index is 12.7. The Bertz CT molecular complexity index is 259. The van der Waals surface area contributed by atoms with E-state index in [9.17, 15) is 9.18 Å². The number of rotatable bonds is 3. The molecule has 1 N–H and O–H groups in total. The lowest BCUT2D eigenvalue weighted by Crippen LogP contribution is -2.35. The number of carbonyl (C=O) groups excluding carboxylic acids is 1. The molecule has 0 aromatic carbocycles. The smallest absolute Gasteiger partial charge is 0.223 e. The Kier molecular flexibility index (Phi) is 3.50. The van der Waals surface area contributed by atoms with Crippen molar-refractivity contribution in [3.63, 3.8) is 0 Å². The zero-order chi connectivity index (χ0) is 11.7. The van der Waals surface area contributed by atoms with E-state index in [0.717, 1.165) is 37.5 Å². The van der Waals surface area contributed by atoms with E-state index < -0.39 is 6.17 Å². The van der Waals surface area contributed by atoms with Gasteiger partial charge in [0, 0.05) is 12.3 Å². The summed E-state index contributed by atoms with van der Waals surface area (Å²) >= 11 is 0. The van der Waals surface area contributed by atoms with Gasteiger partial charge < -0.3 is 5.32 Å². The van der Waals surface area contributed by atoms with Gasteiger partial charge in [-0.05, 0) is 37.5 Å². The molecule has 2 rings (SSSR count). The van der Waals surface area contributed by atoms with Crippen molar-refractivity contribution in [1.29, 1.82) is 0 Å². The minimum absolute atomic E-state index is 0.0901. The Hall–Kier alpha value is -0.600.